The van der Waals surface area contributed by atoms with Crippen LogP contribution >= 0.6 is 0 Å². The van der Waals surface area contributed by atoms with E-state index >= 15 is 0 Å². The van der Waals surface area contributed by atoms with Crippen LogP contribution < -0.4 is 5.73 Å². The van der Waals surface area contributed by atoms with Crippen molar-refractivity contribution in [2.45, 2.75) is 25.3 Å². The second kappa shape index (κ2) is 7.49. The van der Waals surface area contributed by atoms with Gasteiger partial charge in [0, 0.05) is 20.0 Å². The van der Waals surface area contributed by atoms with Crippen LogP contribution in [-0.4, -0.2) is 51.7 Å². The van der Waals surface area contributed by atoms with Gasteiger partial charge in [0.05, 0.1) is 6.04 Å². The number of rotatable bonds is 7. The zero-order valence-corrected chi connectivity index (χ0v) is 11.8. The van der Waals surface area contributed by atoms with Crippen LogP contribution in [0, 0.1) is 0 Å². The first-order valence-electron chi connectivity index (χ1n) is 6.54. The third kappa shape index (κ3) is 5.31. The van der Waals surface area contributed by atoms with Gasteiger partial charge in [-0.2, -0.15) is 0 Å². The Hall–Kier alpha value is -2.28. The maximum Gasteiger partial charge on any atom is 0.303 e. The average Bonchev–Trinajstić information content (AvgIpc) is 2.41. The molecule has 1 aromatic rings. The molecule has 0 bridgehead atoms. The van der Waals surface area contributed by atoms with Gasteiger partial charge in [-0.3, -0.25) is 9.59 Å². The molecular formula is C14H20N2O5. The highest BCUT2D eigenvalue weighted by atomic mass is 16.4. The summed E-state index contributed by atoms with van der Waals surface area (Å²) < 4.78 is 0. The highest BCUT2D eigenvalue weighted by molar-refractivity contribution is 5.81. The van der Waals surface area contributed by atoms with E-state index in [0.29, 0.717) is 18.5 Å². The van der Waals surface area contributed by atoms with Gasteiger partial charge in [-0.25, -0.2) is 0 Å². The van der Waals surface area contributed by atoms with Crippen molar-refractivity contribution in [3.05, 3.63) is 23.8 Å². The summed E-state index contributed by atoms with van der Waals surface area (Å²) in [5, 5.41) is 27.1. The predicted molar refractivity (Wildman–Crippen MR) is 76.0 cm³/mol. The van der Waals surface area contributed by atoms with Crippen molar-refractivity contribution in [3.8, 4) is 11.5 Å². The summed E-state index contributed by atoms with van der Waals surface area (Å²) in [5.74, 6) is -1.70. The van der Waals surface area contributed by atoms with E-state index in [9.17, 15) is 19.8 Å². The number of aromatic hydroxyl groups is 2. The minimum absolute atomic E-state index is 0.00130. The zero-order valence-electron chi connectivity index (χ0n) is 11.8. The summed E-state index contributed by atoms with van der Waals surface area (Å²) in [6.45, 7) is 0.319. The van der Waals surface area contributed by atoms with E-state index in [-0.39, 0.29) is 30.2 Å². The monoisotopic (exact) mass is 296 g/mol. The van der Waals surface area contributed by atoms with Gasteiger partial charge in [0.15, 0.2) is 11.5 Å². The van der Waals surface area contributed by atoms with Gasteiger partial charge in [-0.05, 0) is 30.5 Å². The van der Waals surface area contributed by atoms with Gasteiger partial charge in [-0.15, -0.1) is 0 Å². The molecule has 0 heterocycles. The molecule has 0 unspecified atom stereocenters. The lowest BCUT2D eigenvalue weighted by molar-refractivity contribution is -0.138. The van der Waals surface area contributed by atoms with Crippen molar-refractivity contribution in [2.75, 3.05) is 13.6 Å². The van der Waals surface area contributed by atoms with Crippen LogP contribution in [0.5, 0.6) is 11.5 Å². The predicted octanol–water partition coefficient (Wildman–Crippen LogP) is 0.291. The second-order valence-electron chi connectivity index (χ2n) is 4.89. The van der Waals surface area contributed by atoms with E-state index in [1.165, 1.54) is 17.0 Å². The first kappa shape index (κ1) is 16.8. The molecule has 0 saturated carbocycles. The lowest BCUT2D eigenvalue weighted by Crippen LogP contribution is -2.43. The third-order valence-corrected chi connectivity index (χ3v) is 3.07. The van der Waals surface area contributed by atoms with Gasteiger partial charge in [-0.1, -0.05) is 6.07 Å². The molecule has 0 aromatic heterocycles. The molecule has 0 aliphatic carbocycles. The number of phenols is 2. The van der Waals surface area contributed by atoms with Crippen molar-refractivity contribution >= 4 is 11.9 Å². The molecule has 0 radical (unpaired) electrons. The van der Waals surface area contributed by atoms with E-state index in [1.807, 2.05) is 0 Å². The van der Waals surface area contributed by atoms with E-state index in [1.54, 1.807) is 13.1 Å². The fourth-order valence-corrected chi connectivity index (χ4v) is 1.90. The number of aliphatic carboxylic acids is 1. The van der Waals surface area contributed by atoms with E-state index in [4.69, 9.17) is 10.8 Å². The number of hydrogen-bond donors (Lipinski definition) is 4. The number of carboxylic acids is 1. The summed E-state index contributed by atoms with van der Waals surface area (Å²) >= 11 is 0. The number of benzene rings is 1. The van der Waals surface area contributed by atoms with Gasteiger partial charge < -0.3 is 26.0 Å². The fraction of sp³-hybridized carbons (Fsp3) is 0.429. The molecule has 1 amide bonds. The quantitative estimate of drug-likeness (QED) is 0.536. The number of amides is 1. The molecule has 1 rings (SSSR count). The smallest absolute Gasteiger partial charge is 0.303 e. The van der Waals surface area contributed by atoms with Crippen LogP contribution in [-0.2, 0) is 16.0 Å². The SMILES string of the molecule is CN(CCCC(=O)O)C(=O)[C@@H](N)Cc1ccc(O)c(O)c1. The Labute approximate surface area is 122 Å². The minimum Gasteiger partial charge on any atom is -0.504 e. The van der Waals surface area contributed by atoms with E-state index in [2.05, 4.69) is 0 Å². The molecule has 21 heavy (non-hydrogen) atoms. The normalized spacial score (nSPS) is 11.9. The van der Waals surface area contributed by atoms with Gasteiger partial charge in [0.1, 0.15) is 0 Å². The Morgan fingerprint density at radius 2 is 1.95 bits per heavy atom. The molecule has 7 heteroatoms. The Morgan fingerprint density at radius 1 is 1.29 bits per heavy atom. The lowest BCUT2D eigenvalue weighted by Gasteiger charge is -2.21. The van der Waals surface area contributed by atoms with Gasteiger partial charge >= 0.3 is 5.97 Å². The number of carbonyl (C=O) groups excluding carboxylic acids is 1. The molecule has 5 N–H and O–H groups in total. The number of hydrogen-bond acceptors (Lipinski definition) is 5. The van der Waals surface area contributed by atoms with E-state index < -0.39 is 12.0 Å². The zero-order chi connectivity index (χ0) is 16.0. The van der Waals surface area contributed by atoms with Crippen LogP contribution in [0.1, 0.15) is 18.4 Å². The Bertz CT molecular complexity index is 518. The van der Waals surface area contributed by atoms with Crippen LogP contribution in [0.25, 0.3) is 0 Å². The van der Waals surface area contributed by atoms with Crippen LogP contribution in [0.2, 0.25) is 0 Å². The number of nitrogens with two attached hydrogens (primary N) is 1. The molecule has 0 fully saturated rings. The first-order chi connectivity index (χ1) is 9.81. The van der Waals surface area contributed by atoms with Crippen molar-refractivity contribution in [1.82, 2.24) is 4.90 Å². The standard InChI is InChI=1S/C14H20N2O5/c1-16(6-2-3-13(19)20)14(21)10(15)7-9-4-5-11(17)12(18)8-9/h4-5,8,10,17-18H,2-3,6-7,15H2,1H3,(H,19,20)/t10-/m0/s1. The number of phenolic OH excluding ortho intramolecular Hbond substituents is 2. The molecule has 1 aromatic carbocycles. The lowest BCUT2D eigenvalue weighted by atomic mass is 10.0. The van der Waals surface area contributed by atoms with Gasteiger partial charge in [0.25, 0.3) is 0 Å². The first-order valence-corrected chi connectivity index (χ1v) is 6.54. The number of nitrogens with zero attached hydrogens (tertiary/aromatic N) is 1. The summed E-state index contributed by atoms with van der Waals surface area (Å²) in [7, 11) is 1.57. The van der Waals surface area contributed by atoms with Crippen molar-refractivity contribution in [3.63, 3.8) is 0 Å². The van der Waals surface area contributed by atoms with Crippen molar-refractivity contribution < 1.29 is 24.9 Å². The molecule has 7 nitrogen and oxygen atoms in total. The van der Waals surface area contributed by atoms with Crippen LogP contribution in [0.4, 0.5) is 0 Å². The maximum atomic E-state index is 12.0. The number of likely N-dealkylation sites (N-methyl/N-ethyl adjacent to an activating group) is 1. The topological polar surface area (TPSA) is 124 Å². The van der Waals surface area contributed by atoms with Crippen LogP contribution in [0.15, 0.2) is 18.2 Å². The van der Waals surface area contributed by atoms with Crippen molar-refractivity contribution in [1.29, 1.82) is 0 Å². The number of carbonyl (C=O) groups is 2. The Kier molecular flexibility index (Phi) is 5.98. The summed E-state index contributed by atoms with van der Waals surface area (Å²) in [4.78, 5) is 23.8. The van der Waals surface area contributed by atoms with Crippen molar-refractivity contribution in [2.24, 2.45) is 5.73 Å². The highest BCUT2D eigenvalue weighted by Crippen LogP contribution is 2.25. The van der Waals surface area contributed by atoms with Crippen LogP contribution in [0.3, 0.4) is 0 Å². The largest absolute Gasteiger partial charge is 0.504 e. The second-order valence-corrected chi connectivity index (χ2v) is 4.89. The average molecular weight is 296 g/mol. The summed E-state index contributed by atoms with van der Waals surface area (Å²) in [6, 6.07) is 3.47. The molecule has 0 spiro atoms. The summed E-state index contributed by atoms with van der Waals surface area (Å²) in [6.07, 6.45) is 0.582. The summed E-state index contributed by atoms with van der Waals surface area (Å²) in [5.41, 5.74) is 6.45. The van der Waals surface area contributed by atoms with Gasteiger partial charge in [0.2, 0.25) is 5.91 Å². The molecule has 0 saturated heterocycles. The number of carboxylic acid groups (broad SMARTS) is 1. The highest BCUT2D eigenvalue weighted by Gasteiger charge is 2.19. The Morgan fingerprint density at radius 3 is 2.52 bits per heavy atom. The fourth-order valence-electron chi connectivity index (χ4n) is 1.90. The maximum absolute atomic E-state index is 12.0. The molecule has 0 aliphatic heterocycles. The third-order valence-electron chi connectivity index (χ3n) is 3.07. The molecule has 1 atom stereocenters. The Balaban J connectivity index is 2.53. The molecular weight excluding hydrogens is 276 g/mol. The minimum atomic E-state index is -0.903. The van der Waals surface area contributed by atoms with E-state index in [0.717, 1.165) is 0 Å². The molecule has 116 valence electrons. The molecule has 0 aliphatic rings.